The van der Waals surface area contributed by atoms with Crippen LogP contribution in [0.1, 0.15) is 26.2 Å². The number of amides is 1. The number of aliphatic carboxylic acids is 1. The summed E-state index contributed by atoms with van der Waals surface area (Å²) in [5.41, 5.74) is 9.52. The van der Waals surface area contributed by atoms with Crippen LogP contribution in [0.4, 0.5) is 0 Å². The summed E-state index contributed by atoms with van der Waals surface area (Å²) in [4.78, 5) is 25.3. The minimum Gasteiger partial charge on any atom is -0.480 e. The summed E-state index contributed by atoms with van der Waals surface area (Å²) in [6, 6.07) is -0.847. The number of carbonyl (C=O) groups is 2. The highest BCUT2D eigenvalue weighted by molar-refractivity contribution is 5.85. The van der Waals surface area contributed by atoms with Crippen LogP contribution in [0, 0.1) is 0 Å². The molecule has 0 rings (SSSR count). The molecular weight excluding hydrogens is 224 g/mol. The number of aliphatic imine (C=N–C) groups is 1. The van der Waals surface area contributed by atoms with E-state index in [-0.39, 0.29) is 0 Å². The van der Waals surface area contributed by atoms with Crippen molar-refractivity contribution in [1.29, 1.82) is 0 Å². The van der Waals surface area contributed by atoms with Gasteiger partial charge in [-0.1, -0.05) is 0 Å². The minimum atomic E-state index is -1.32. The number of unbranched alkanes of at least 4 members (excludes halogenated alkanes) is 1. The second kappa shape index (κ2) is 6.97. The fourth-order valence-corrected chi connectivity index (χ4v) is 1.07. The molecule has 0 aromatic carbocycles. The fourth-order valence-electron chi connectivity index (χ4n) is 1.07. The lowest BCUT2D eigenvalue weighted by Gasteiger charge is -2.18. The molecule has 1 amide bonds. The maximum absolute atomic E-state index is 11.4. The number of nitrogens with zero attached hydrogens (tertiary/aromatic N) is 1. The number of carboxylic acid groups (broad SMARTS) is 1. The summed E-state index contributed by atoms with van der Waals surface area (Å²) in [5.74, 6) is -1.42. The summed E-state index contributed by atoms with van der Waals surface area (Å²) in [6.07, 6.45) is 1.64. The average molecular weight is 244 g/mol. The predicted octanol–water partition coefficient (Wildman–Crippen LogP) is -0.940. The Morgan fingerprint density at radius 2 is 2.12 bits per heavy atom. The maximum atomic E-state index is 11.4. The van der Waals surface area contributed by atoms with Crippen LogP contribution in [0.2, 0.25) is 0 Å². The third-order valence-electron chi connectivity index (χ3n) is 2.33. The van der Waals surface area contributed by atoms with Crippen LogP contribution in [0.25, 0.3) is 0 Å². The van der Waals surface area contributed by atoms with Gasteiger partial charge in [-0.2, -0.15) is 0 Å². The molecule has 6 N–H and O–H groups in total. The van der Waals surface area contributed by atoms with E-state index >= 15 is 0 Å². The molecule has 0 spiro atoms. The summed E-state index contributed by atoms with van der Waals surface area (Å²) in [7, 11) is 0. The molecule has 0 bridgehead atoms. The van der Waals surface area contributed by atoms with Gasteiger partial charge in [-0.05, 0) is 32.9 Å². The first-order chi connectivity index (χ1) is 7.81. The van der Waals surface area contributed by atoms with Gasteiger partial charge in [0.1, 0.15) is 6.04 Å². The number of nitrogens with one attached hydrogen (secondary N) is 1. The van der Waals surface area contributed by atoms with Gasteiger partial charge in [-0.25, -0.2) is 0 Å². The van der Waals surface area contributed by atoms with Crippen LogP contribution in [0.5, 0.6) is 0 Å². The molecule has 1 unspecified atom stereocenters. The van der Waals surface area contributed by atoms with Crippen LogP contribution in [-0.2, 0) is 9.59 Å². The highest BCUT2D eigenvalue weighted by Gasteiger charge is 2.25. The molecule has 2 atom stereocenters. The number of rotatable bonds is 8. The zero-order valence-corrected chi connectivity index (χ0v) is 9.98. The zero-order valence-electron chi connectivity index (χ0n) is 9.98. The van der Waals surface area contributed by atoms with Gasteiger partial charge >= 0.3 is 5.97 Å². The van der Waals surface area contributed by atoms with E-state index in [1.54, 1.807) is 0 Å². The quantitative estimate of drug-likeness (QED) is 0.323. The number of carboxylic acids is 1. The Labute approximate surface area is 100 Å². The van der Waals surface area contributed by atoms with Crippen molar-refractivity contribution in [2.24, 2.45) is 16.5 Å². The maximum Gasteiger partial charge on any atom is 0.320 e. The predicted molar refractivity (Wildman–Crippen MR) is 64.6 cm³/mol. The van der Waals surface area contributed by atoms with Gasteiger partial charge in [-0.3, -0.25) is 20.3 Å². The first-order valence-electron chi connectivity index (χ1n) is 5.34. The van der Waals surface area contributed by atoms with Gasteiger partial charge in [0.05, 0.1) is 0 Å². The van der Waals surface area contributed by atoms with Crippen molar-refractivity contribution in [1.82, 2.24) is 5.32 Å². The summed E-state index contributed by atoms with van der Waals surface area (Å²) >= 11 is 0. The first kappa shape index (κ1) is 15.5. The van der Waals surface area contributed by atoms with Crippen molar-refractivity contribution < 1.29 is 14.7 Å². The van der Waals surface area contributed by atoms with Gasteiger partial charge < -0.3 is 16.2 Å². The third-order valence-corrected chi connectivity index (χ3v) is 2.33. The van der Waals surface area contributed by atoms with Crippen molar-refractivity contribution in [2.45, 2.75) is 37.9 Å². The Morgan fingerprint density at radius 3 is 2.59 bits per heavy atom. The van der Waals surface area contributed by atoms with Gasteiger partial charge in [0, 0.05) is 6.54 Å². The fraction of sp³-hybridized carbons (Fsp3) is 0.700. The lowest BCUT2D eigenvalue weighted by atomic mass is 10.1. The van der Waals surface area contributed by atoms with E-state index in [2.05, 4.69) is 17.0 Å². The smallest absolute Gasteiger partial charge is 0.320 e. The van der Waals surface area contributed by atoms with Gasteiger partial charge in [0.2, 0.25) is 0 Å². The summed E-state index contributed by atoms with van der Waals surface area (Å²) in [5, 5.41) is 11.1. The van der Waals surface area contributed by atoms with Crippen molar-refractivity contribution in [3.05, 3.63) is 0 Å². The van der Waals surface area contributed by atoms with Crippen LogP contribution in [0.15, 0.2) is 4.99 Å². The highest BCUT2D eigenvalue weighted by atomic mass is 16.4. The standard InChI is InChI=1S/C10H20N4O3/c1-10(12,13-2)9(17)14-6-4-3-5-7(11)8(15)16/h7H,2-6,11-12H2,1H3,(H,14,17)(H,15,16)/t7-,10?/m0/s1. The second-order valence-corrected chi connectivity index (χ2v) is 4.00. The Morgan fingerprint density at radius 1 is 1.53 bits per heavy atom. The Balaban J connectivity index is 3.69. The molecule has 0 aliphatic rings. The molecule has 0 fully saturated rings. The molecule has 98 valence electrons. The lowest BCUT2D eigenvalue weighted by Crippen LogP contribution is -2.50. The van der Waals surface area contributed by atoms with Crippen molar-refractivity contribution in [2.75, 3.05) is 6.54 Å². The molecule has 0 saturated heterocycles. The SMILES string of the molecule is C=NC(C)(N)C(=O)NCCCC[C@H](N)C(=O)O. The van der Waals surface area contributed by atoms with E-state index in [4.69, 9.17) is 16.6 Å². The summed E-state index contributed by atoms with van der Waals surface area (Å²) < 4.78 is 0. The van der Waals surface area contributed by atoms with Crippen molar-refractivity contribution >= 4 is 18.6 Å². The molecule has 17 heavy (non-hydrogen) atoms. The second-order valence-electron chi connectivity index (χ2n) is 4.00. The van der Waals surface area contributed by atoms with Gasteiger partial charge in [-0.15, -0.1) is 0 Å². The van der Waals surface area contributed by atoms with Crippen LogP contribution in [-0.4, -0.2) is 41.9 Å². The van der Waals surface area contributed by atoms with Crippen molar-refractivity contribution in [3.63, 3.8) is 0 Å². The van der Waals surface area contributed by atoms with E-state index < -0.39 is 23.6 Å². The molecule has 0 aromatic rings. The highest BCUT2D eigenvalue weighted by Crippen LogP contribution is 2.01. The molecule has 0 aromatic heterocycles. The van der Waals surface area contributed by atoms with Crippen LogP contribution >= 0.6 is 0 Å². The molecule has 0 saturated carbocycles. The average Bonchev–Trinajstić information content (AvgIpc) is 2.27. The molecule has 7 nitrogen and oxygen atoms in total. The lowest BCUT2D eigenvalue weighted by molar-refractivity contribution is -0.138. The van der Waals surface area contributed by atoms with E-state index in [0.29, 0.717) is 25.8 Å². The monoisotopic (exact) mass is 244 g/mol. The third kappa shape index (κ3) is 5.98. The van der Waals surface area contributed by atoms with Gasteiger partial charge in [0.15, 0.2) is 5.66 Å². The number of hydrogen-bond donors (Lipinski definition) is 4. The van der Waals surface area contributed by atoms with Crippen LogP contribution < -0.4 is 16.8 Å². The van der Waals surface area contributed by atoms with E-state index in [9.17, 15) is 9.59 Å². The van der Waals surface area contributed by atoms with E-state index in [1.165, 1.54) is 6.92 Å². The number of hydrogen-bond acceptors (Lipinski definition) is 5. The molecule has 0 aliphatic carbocycles. The first-order valence-corrected chi connectivity index (χ1v) is 5.34. The molecule has 0 heterocycles. The molecule has 0 aliphatic heterocycles. The van der Waals surface area contributed by atoms with Crippen LogP contribution in [0.3, 0.4) is 0 Å². The summed E-state index contributed by atoms with van der Waals surface area (Å²) in [6.45, 7) is 5.09. The Kier molecular flexibility index (Phi) is 6.37. The topological polar surface area (TPSA) is 131 Å². The van der Waals surface area contributed by atoms with Gasteiger partial charge in [0.25, 0.3) is 5.91 Å². The molecule has 7 heteroatoms. The normalized spacial score (nSPS) is 15.7. The molecule has 0 radical (unpaired) electrons. The largest absolute Gasteiger partial charge is 0.480 e. The Bertz CT molecular complexity index is 291. The number of carbonyl (C=O) groups excluding carboxylic acids is 1. The van der Waals surface area contributed by atoms with E-state index in [1.807, 2.05) is 0 Å². The zero-order chi connectivity index (χ0) is 13.5. The van der Waals surface area contributed by atoms with Crippen molar-refractivity contribution in [3.8, 4) is 0 Å². The number of nitrogens with two attached hydrogens (primary N) is 2. The van der Waals surface area contributed by atoms with E-state index in [0.717, 1.165) is 0 Å². The molecular formula is C10H20N4O3. The Hall–Kier alpha value is -1.47. The minimum absolute atomic E-state index is 0.380.